The molecule has 0 bridgehead atoms. The maximum absolute atomic E-state index is 11.2. The summed E-state index contributed by atoms with van der Waals surface area (Å²) in [6.07, 6.45) is 1.06. The van der Waals surface area contributed by atoms with Gasteiger partial charge in [-0.3, -0.25) is 9.69 Å². The van der Waals surface area contributed by atoms with Crippen LogP contribution in [0.4, 0.5) is 0 Å². The molecule has 1 amide bonds. The Labute approximate surface area is 79.7 Å². The first kappa shape index (κ1) is 10.5. The van der Waals surface area contributed by atoms with Crippen LogP contribution in [-0.2, 0) is 4.79 Å². The second-order valence-electron chi connectivity index (χ2n) is 3.58. The van der Waals surface area contributed by atoms with Gasteiger partial charge >= 0.3 is 0 Å². The average molecular weight is 185 g/mol. The van der Waals surface area contributed by atoms with Gasteiger partial charge < -0.3 is 10.6 Å². The molecule has 0 aromatic carbocycles. The maximum Gasteiger partial charge on any atom is 0.234 e. The molecule has 1 fully saturated rings. The van der Waals surface area contributed by atoms with Crippen LogP contribution in [0.2, 0.25) is 0 Å². The van der Waals surface area contributed by atoms with Crippen LogP contribution < -0.4 is 10.6 Å². The number of amides is 1. The van der Waals surface area contributed by atoms with Crippen molar-refractivity contribution in [1.82, 2.24) is 15.5 Å². The highest BCUT2D eigenvalue weighted by atomic mass is 16.2. The van der Waals surface area contributed by atoms with Gasteiger partial charge in [-0.2, -0.15) is 0 Å². The quantitative estimate of drug-likeness (QED) is 0.618. The van der Waals surface area contributed by atoms with Gasteiger partial charge in [-0.1, -0.05) is 0 Å². The molecule has 1 saturated heterocycles. The van der Waals surface area contributed by atoms with Gasteiger partial charge in [-0.05, 0) is 20.4 Å². The van der Waals surface area contributed by atoms with Gasteiger partial charge in [-0.15, -0.1) is 0 Å². The summed E-state index contributed by atoms with van der Waals surface area (Å²) in [5.41, 5.74) is 0. The van der Waals surface area contributed by atoms with Crippen molar-refractivity contribution in [3.63, 3.8) is 0 Å². The summed E-state index contributed by atoms with van der Waals surface area (Å²) in [5, 5.41) is 6.00. The summed E-state index contributed by atoms with van der Waals surface area (Å²) < 4.78 is 0. The third kappa shape index (κ3) is 3.32. The van der Waals surface area contributed by atoms with Crippen LogP contribution in [0, 0.1) is 0 Å². The topological polar surface area (TPSA) is 44.4 Å². The first-order chi connectivity index (χ1) is 6.24. The van der Waals surface area contributed by atoms with Gasteiger partial charge in [0.15, 0.2) is 0 Å². The standard InChI is InChI=1S/C9H19N3O/c1-8(6-10-2)12-5-3-4-11-9(13)7-12/h8,10H,3-7H2,1-2H3,(H,11,13). The third-order valence-electron chi connectivity index (χ3n) is 2.41. The zero-order chi connectivity index (χ0) is 9.68. The molecule has 1 unspecified atom stereocenters. The van der Waals surface area contributed by atoms with Crippen molar-refractivity contribution in [1.29, 1.82) is 0 Å². The average Bonchev–Trinajstić information content (AvgIpc) is 2.30. The lowest BCUT2D eigenvalue weighted by Gasteiger charge is -2.25. The van der Waals surface area contributed by atoms with Gasteiger partial charge in [0.1, 0.15) is 0 Å². The summed E-state index contributed by atoms with van der Waals surface area (Å²) in [4.78, 5) is 13.5. The van der Waals surface area contributed by atoms with Crippen LogP contribution in [0.15, 0.2) is 0 Å². The third-order valence-corrected chi connectivity index (χ3v) is 2.41. The summed E-state index contributed by atoms with van der Waals surface area (Å²) in [6.45, 7) is 5.47. The van der Waals surface area contributed by atoms with E-state index >= 15 is 0 Å². The predicted octanol–water partition coefficient (Wildman–Crippen LogP) is -0.584. The smallest absolute Gasteiger partial charge is 0.234 e. The largest absolute Gasteiger partial charge is 0.355 e. The lowest BCUT2D eigenvalue weighted by Crippen LogP contribution is -2.43. The fourth-order valence-corrected chi connectivity index (χ4v) is 1.63. The van der Waals surface area contributed by atoms with Crippen molar-refractivity contribution in [2.24, 2.45) is 0 Å². The zero-order valence-corrected chi connectivity index (χ0v) is 8.47. The lowest BCUT2D eigenvalue weighted by molar-refractivity contribution is -0.121. The molecule has 1 aliphatic heterocycles. The molecule has 76 valence electrons. The molecule has 13 heavy (non-hydrogen) atoms. The molecule has 1 rings (SSSR count). The van der Waals surface area contributed by atoms with E-state index in [1.165, 1.54) is 0 Å². The molecule has 1 atom stereocenters. The highest BCUT2D eigenvalue weighted by Crippen LogP contribution is 2.01. The first-order valence-corrected chi connectivity index (χ1v) is 4.89. The van der Waals surface area contributed by atoms with Crippen LogP contribution in [0.5, 0.6) is 0 Å². The number of hydrogen-bond donors (Lipinski definition) is 2. The summed E-state index contributed by atoms with van der Waals surface area (Å²) in [5.74, 6) is 0.153. The normalized spacial score (nSPS) is 22.2. The monoisotopic (exact) mass is 185 g/mol. The van der Waals surface area contributed by atoms with Crippen LogP contribution >= 0.6 is 0 Å². The molecular weight excluding hydrogens is 166 g/mol. The number of likely N-dealkylation sites (N-methyl/N-ethyl adjacent to an activating group) is 1. The molecule has 4 heteroatoms. The van der Waals surface area contributed by atoms with Gasteiger partial charge in [-0.25, -0.2) is 0 Å². The summed E-state index contributed by atoms with van der Waals surface area (Å²) >= 11 is 0. The SMILES string of the molecule is CNCC(C)N1CCCNC(=O)C1. The molecule has 0 aromatic heterocycles. The van der Waals surface area contributed by atoms with Crippen molar-refractivity contribution in [3.05, 3.63) is 0 Å². The number of hydrogen-bond acceptors (Lipinski definition) is 3. The Bertz CT molecular complexity index is 172. The number of nitrogens with zero attached hydrogens (tertiary/aromatic N) is 1. The van der Waals surface area contributed by atoms with E-state index in [0.717, 1.165) is 26.1 Å². The minimum absolute atomic E-state index is 0.153. The zero-order valence-electron chi connectivity index (χ0n) is 8.47. The maximum atomic E-state index is 11.2. The van der Waals surface area contributed by atoms with Gasteiger partial charge in [0.05, 0.1) is 6.54 Å². The van der Waals surface area contributed by atoms with Crippen molar-refractivity contribution in [2.75, 3.05) is 33.2 Å². The Morgan fingerprint density at radius 3 is 3.15 bits per heavy atom. The number of carbonyl (C=O) groups excluding carboxylic acids is 1. The fourth-order valence-electron chi connectivity index (χ4n) is 1.63. The predicted molar refractivity (Wildman–Crippen MR) is 52.6 cm³/mol. The minimum atomic E-state index is 0.153. The molecule has 1 aliphatic rings. The molecular formula is C9H19N3O. The molecule has 0 saturated carbocycles. The second-order valence-corrected chi connectivity index (χ2v) is 3.58. The van der Waals surface area contributed by atoms with E-state index in [9.17, 15) is 4.79 Å². The van der Waals surface area contributed by atoms with Crippen LogP contribution in [0.25, 0.3) is 0 Å². The highest BCUT2D eigenvalue weighted by molar-refractivity contribution is 5.78. The van der Waals surface area contributed by atoms with Crippen LogP contribution in [0.1, 0.15) is 13.3 Å². The lowest BCUT2D eigenvalue weighted by atomic mass is 10.2. The fraction of sp³-hybridized carbons (Fsp3) is 0.889. The Morgan fingerprint density at radius 1 is 1.69 bits per heavy atom. The first-order valence-electron chi connectivity index (χ1n) is 4.89. The molecule has 0 radical (unpaired) electrons. The number of nitrogens with one attached hydrogen (secondary N) is 2. The van der Waals surface area contributed by atoms with E-state index in [1.807, 2.05) is 7.05 Å². The van der Waals surface area contributed by atoms with E-state index in [2.05, 4.69) is 22.5 Å². The molecule has 0 aromatic rings. The van der Waals surface area contributed by atoms with Gasteiger partial charge in [0.2, 0.25) is 5.91 Å². The van der Waals surface area contributed by atoms with E-state index in [4.69, 9.17) is 0 Å². The Kier molecular flexibility index (Phi) is 4.18. The van der Waals surface area contributed by atoms with Crippen LogP contribution in [-0.4, -0.2) is 50.1 Å². The van der Waals surface area contributed by atoms with Crippen molar-refractivity contribution >= 4 is 5.91 Å². The minimum Gasteiger partial charge on any atom is -0.355 e. The van der Waals surface area contributed by atoms with Crippen molar-refractivity contribution in [3.8, 4) is 0 Å². The Balaban J connectivity index is 2.42. The molecule has 0 aliphatic carbocycles. The molecule has 2 N–H and O–H groups in total. The van der Waals surface area contributed by atoms with E-state index < -0.39 is 0 Å². The Morgan fingerprint density at radius 2 is 2.46 bits per heavy atom. The van der Waals surface area contributed by atoms with Crippen molar-refractivity contribution < 1.29 is 4.79 Å². The summed E-state index contributed by atoms with van der Waals surface area (Å²) in [7, 11) is 1.94. The second kappa shape index (κ2) is 5.19. The van der Waals surface area contributed by atoms with Gasteiger partial charge in [0, 0.05) is 25.7 Å². The van der Waals surface area contributed by atoms with Crippen LogP contribution in [0.3, 0.4) is 0 Å². The molecule has 4 nitrogen and oxygen atoms in total. The molecule has 1 heterocycles. The number of rotatable bonds is 3. The number of carbonyl (C=O) groups is 1. The molecule has 0 spiro atoms. The summed E-state index contributed by atoms with van der Waals surface area (Å²) in [6, 6.07) is 0.439. The van der Waals surface area contributed by atoms with Crippen molar-refractivity contribution in [2.45, 2.75) is 19.4 Å². The van der Waals surface area contributed by atoms with E-state index in [-0.39, 0.29) is 5.91 Å². The highest BCUT2D eigenvalue weighted by Gasteiger charge is 2.18. The van der Waals surface area contributed by atoms with Gasteiger partial charge in [0.25, 0.3) is 0 Å². The van der Waals surface area contributed by atoms with E-state index in [0.29, 0.717) is 12.6 Å². The Hall–Kier alpha value is -0.610. The van der Waals surface area contributed by atoms with E-state index in [1.54, 1.807) is 0 Å².